The van der Waals surface area contributed by atoms with Gasteiger partial charge in [0, 0.05) is 32.7 Å². The highest BCUT2D eigenvalue weighted by atomic mass is 32.1. The van der Waals surface area contributed by atoms with Crippen LogP contribution in [0.3, 0.4) is 0 Å². The summed E-state index contributed by atoms with van der Waals surface area (Å²) in [5.74, 6) is 1.63. The van der Waals surface area contributed by atoms with Crippen molar-refractivity contribution in [3.63, 3.8) is 0 Å². The number of thiazole rings is 1. The fraction of sp³-hybridized carbons (Fsp3) is 0.556. The number of para-hydroxylation sites is 1. The average Bonchev–Trinajstić information content (AvgIpc) is 3.27. The van der Waals surface area contributed by atoms with Gasteiger partial charge in [-0.1, -0.05) is 37.3 Å². The molecule has 3 aromatic rings. The van der Waals surface area contributed by atoms with Crippen molar-refractivity contribution >= 4 is 26.7 Å². The van der Waals surface area contributed by atoms with Crippen LogP contribution in [0.2, 0.25) is 0 Å². The monoisotopic (exact) mass is 371 g/mol. The van der Waals surface area contributed by atoms with Gasteiger partial charge in [-0.15, -0.1) is 5.10 Å². The highest BCUT2D eigenvalue weighted by molar-refractivity contribution is 7.22. The van der Waals surface area contributed by atoms with Gasteiger partial charge in [-0.05, 0) is 34.9 Å². The lowest BCUT2D eigenvalue weighted by Gasteiger charge is -2.34. The number of hydrogen-bond donors (Lipinski definition) is 0. The van der Waals surface area contributed by atoms with Crippen LogP contribution >= 0.6 is 11.3 Å². The fourth-order valence-corrected chi connectivity index (χ4v) is 4.20. The van der Waals surface area contributed by atoms with Crippen LogP contribution in [0, 0.1) is 5.92 Å². The van der Waals surface area contributed by atoms with Crippen molar-refractivity contribution in [2.75, 3.05) is 31.1 Å². The van der Waals surface area contributed by atoms with E-state index >= 15 is 0 Å². The zero-order valence-electron chi connectivity index (χ0n) is 15.4. The van der Waals surface area contributed by atoms with Crippen LogP contribution in [-0.4, -0.2) is 56.3 Å². The molecule has 0 bridgehead atoms. The first-order chi connectivity index (χ1) is 12.7. The Morgan fingerprint density at radius 2 is 1.92 bits per heavy atom. The summed E-state index contributed by atoms with van der Waals surface area (Å²) in [5.41, 5.74) is 1.10. The maximum Gasteiger partial charge on any atom is 0.186 e. The van der Waals surface area contributed by atoms with E-state index in [4.69, 9.17) is 4.98 Å². The third-order valence-corrected chi connectivity index (χ3v) is 5.91. The number of fused-ring (bicyclic) bond motifs is 1. The average molecular weight is 372 g/mol. The standard InChI is InChI=1S/C18H25N7S/c1-14(2)7-8-25-17(20-21-22-25)13-23-9-11-24(12-10-23)18-19-15-5-3-4-6-16(15)26-18/h3-6,14H,7-13H2,1-2H3. The predicted molar refractivity (Wildman–Crippen MR) is 104 cm³/mol. The third kappa shape index (κ3) is 3.86. The topological polar surface area (TPSA) is 63.0 Å². The minimum absolute atomic E-state index is 0.657. The van der Waals surface area contributed by atoms with Crippen molar-refractivity contribution in [3.8, 4) is 0 Å². The van der Waals surface area contributed by atoms with E-state index in [2.05, 4.69) is 57.4 Å². The molecule has 8 heteroatoms. The molecule has 0 atom stereocenters. The molecule has 0 spiro atoms. The number of anilines is 1. The summed E-state index contributed by atoms with van der Waals surface area (Å²) < 4.78 is 3.22. The smallest absolute Gasteiger partial charge is 0.186 e. The van der Waals surface area contributed by atoms with Crippen molar-refractivity contribution in [2.45, 2.75) is 33.4 Å². The zero-order valence-corrected chi connectivity index (χ0v) is 16.2. The first-order valence-electron chi connectivity index (χ1n) is 9.27. The van der Waals surface area contributed by atoms with Gasteiger partial charge in [-0.3, -0.25) is 4.90 Å². The van der Waals surface area contributed by atoms with E-state index in [-0.39, 0.29) is 0 Å². The van der Waals surface area contributed by atoms with E-state index < -0.39 is 0 Å². The van der Waals surface area contributed by atoms with E-state index in [1.165, 1.54) is 4.70 Å². The molecule has 26 heavy (non-hydrogen) atoms. The molecule has 0 unspecified atom stereocenters. The SMILES string of the molecule is CC(C)CCn1nnnc1CN1CCN(c2nc3ccccc3s2)CC1. The normalized spacial score (nSPS) is 16.0. The van der Waals surface area contributed by atoms with Gasteiger partial charge in [0.1, 0.15) is 0 Å². The Kier molecular flexibility index (Phi) is 5.12. The van der Waals surface area contributed by atoms with Gasteiger partial charge in [0.05, 0.1) is 16.8 Å². The van der Waals surface area contributed by atoms with Crippen LogP contribution in [0.5, 0.6) is 0 Å². The van der Waals surface area contributed by atoms with Crippen molar-refractivity contribution in [2.24, 2.45) is 5.92 Å². The molecule has 0 radical (unpaired) electrons. The van der Waals surface area contributed by atoms with Crippen molar-refractivity contribution in [3.05, 3.63) is 30.1 Å². The molecule has 1 aliphatic rings. The largest absolute Gasteiger partial charge is 0.345 e. The van der Waals surface area contributed by atoms with Gasteiger partial charge in [0.15, 0.2) is 11.0 Å². The highest BCUT2D eigenvalue weighted by Gasteiger charge is 2.21. The molecule has 1 aliphatic heterocycles. The Hall–Kier alpha value is -2.06. The number of nitrogens with zero attached hydrogens (tertiary/aromatic N) is 7. The molecule has 0 amide bonds. The molecular formula is C18H25N7S. The molecule has 138 valence electrons. The molecule has 7 nitrogen and oxygen atoms in total. The van der Waals surface area contributed by atoms with Crippen LogP contribution in [0.4, 0.5) is 5.13 Å². The van der Waals surface area contributed by atoms with Gasteiger partial charge < -0.3 is 4.90 Å². The van der Waals surface area contributed by atoms with Crippen LogP contribution < -0.4 is 4.90 Å². The number of aryl methyl sites for hydroxylation is 1. The summed E-state index contributed by atoms with van der Waals surface area (Å²) >= 11 is 1.78. The zero-order chi connectivity index (χ0) is 17.9. The minimum atomic E-state index is 0.657. The number of piperazine rings is 1. The first kappa shape index (κ1) is 17.4. The number of benzene rings is 1. The molecule has 0 aliphatic carbocycles. The number of rotatable bonds is 6. The second kappa shape index (κ2) is 7.67. The van der Waals surface area contributed by atoms with Crippen LogP contribution in [0.1, 0.15) is 26.1 Å². The van der Waals surface area contributed by atoms with Gasteiger partial charge in [0.2, 0.25) is 0 Å². The molecule has 0 saturated carbocycles. The Morgan fingerprint density at radius 3 is 2.69 bits per heavy atom. The maximum absolute atomic E-state index is 4.78. The Morgan fingerprint density at radius 1 is 1.12 bits per heavy atom. The maximum atomic E-state index is 4.78. The van der Waals surface area contributed by atoms with Crippen molar-refractivity contribution in [1.82, 2.24) is 30.1 Å². The van der Waals surface area contributed by atoms with Crippen LogP contribution in [0.15, 0.2) is 24.3 Å². The van der Waals surface area contributed by atoms with Gasteiger partial charge in [-0.2, -0.15) is 0 Å². The van der Waals surface area contributed by atoms with E-state index in [1.54, 1.807) is 11.3 Å². The van der Waals surface area contributed by atoms with E-state index in [1.807, 2.05) is 10.7 Å². The van der Waals surface area contributed by atoms with Gasteiger partial charge in [-0.25, -0.2) is 9.67 Å². The van der Waals surface area contributed by atoms with Crippen LogP contribution in [0.25, 0.3) is 10.2 Å². The third-order valence-electron chi connectivity index (χ3n) is 4.81. The van der Waals surface area contributed by atoms with Crippen molar-refractivity contribution < 1.29 is 0 Å². The lowest BCUT2D eigenvalue weighted by molar-refractivity contribution is 0.238. The van der Waals surface area contributed by atoms with E-state index in [9.17, 15) is 0 Å². The lowest BCUT2D eigenvalue weighted by atomic mass is 10.1. The van der Waals surface area contributed by atoms with Gasteiger partial charge >= 0.3 is 0 Å². The molecule has 1 fully saturated rings. The second-order valence-electron chi connectivity index (χ2n) is 7.23. The Labute approximate surface area is 157 Å². The quantitative estimate of drug-likeness (QED) is 0.664. The highest BCUT2D eigenvalue weighted by Crippen LogP contribution is 2.29. The Balaban J connectivity index is 1.34. The summed E-state index contributed by atoms with van der Waals surface area (Å²) in [6.45, 7) is 10.2. The summed E-state index contributed by atoms with van der Waals surface area (Å²) in [5, 5.41) is 13.4. The number of hydrogen-bond acceptors (Lipinski definition) is 7. The summed E-state index contributed by atoms with van der Waals surface area (Å²) in [6.07, 6.45) is 1.10. The van der Waals surface area contributed by atoms with Gasteiger partial charge in [0.25, 0.3) is 0 Å². The molecule has 2 aromatic heterocycles. The summed E-state index contributed by atoms with van der Waals surface area (Å²) in [7, 11) is 0. The fourth-order valence-electron chi connectivity index (χ4n) is 3.18. The minimum Gasteiger partial charge on any atom is -0.345 e. The Bertz CT molecular complexity index is 815. The predicted octanol–water partition coefficient (Wildman–Crippen LogP) is 2.65. The molecule has 1 saturated heterocycles. The molecule has 1 aromatic carbocycles. The molecule has 3 heterocycles. The molecule has 0 N–H and O–H groups in total. The van der Waals surface area contributed by atoms with E-state index in [0.717, 1.165) is 62.2 Å². The summed E-state index contributed by atoms with van der Waals surface area (Å²) in [4.78, 5) is 9.61. The van der Waals surface area contributed by atoms with Crippen LogP contribution in [-0.2, 0) is 13.1 Å². The first-order valence-corrected chi connectivity index (χ1v) is 10.1. The lowest BCUT2D eigenvalue weighted by Crippen LogP contribution is -2.46. The molecule has 4 rings (SSSR count). The molecular weight excluding hydrogens is 346 g/mol. The summed E-state index contributed by atoms with van der Waals surface area (Å²) in [6, 6.07) is 8.35. The second-order valence-corrected chi connectivity index (χ2v) is 8.24. The number of aromatic nitrogens is 5. The van der Waals surface area contributed by atoms with Crippen molar-refractivity contribution in [1.29, 1.82) is 0 Å². The number of tetrazole rings is 1. The van der Waals surface area contributed by atoms with E-state index in [0.29, 0.717) is 5.92 Å².